The van der Waals surface area contributed by atoms with Gasteiger partial charge in [0.05, 0.1) is 7.11 Å². The molecule has 0 aliphatic heterocycles. The Kier molecular flexibility index (Phi) is 4.77. The predicted octanol–water partition coefficient (Wildman–Crippen LogP) is 2.51. The smallest absolute Gasteiger partial charge is 0.258 e. The van der Waals surface area contributed by atoms with E-state index < -0.39 is 11.7 Å². The summed E-state index contributed by atoms with van der Waals surface area (Å²) in [6.07, 6.45) is 0.547. The summed E-state index contributed by atoms with van der Waals surface area (Å²) < 4.78 is 18.7. The van der Waals surface area contributed by atoms with Crippen LogP contribution < -0.4 is 10.1 Å². The van der Waals surface area contributed by atoms with E-state index >= 15 is 0 Å². The van der Waals surface area contributed by atoms with Crippen LogP contribution in [0.2, 0.25) is 0 Å². The first-order valence-corrected chi connectivity index (χ1v) is 6.51. The first-order chi connectivity index (χ1) is 10.1. The fraction of sp³-hybridized carbons (Fsp3) is 0.188. The highest BCUT2D eigenvalue weighted by Crippen LogP contribution is 2.20. The minimum absolute atomic E-state index is 0.312. The van der Waals surface area contributed by atoms with Gasteiger partial charge in [0.1, 0.15) is 22.9 Å². The van der Waals surface area contributed by atoms with E-state index in [4.69, 9.17) is 4.74 Å². The lowest BCUT2D eigenvalue weighted by Gasteiger charge is -2.10. The van der Waals surface area contributed by atoms with Crippen LogP contribution >= 0.6 is 0 Å². The Labute approximate surface area is 122 Å². The zero-order chi connectivity index (χ0) is 15.2. The third-order valence-corrected chi connectivity index (χ3v) is 3.09. The number of phenols is 1. The van der Waals surface area contributed by atoms with E-state index in [9.17, 15) is 14.3 Å². The van der Waals surface area contributed by atoms with Crippen molar-refractivity contribution in [2.75, 3.05) is 13.7 Å². The number of amides is 1. The van der Waals surface area contributed by atoms with Crippen molar-refractivity contribution in [1.82, 2.24) is 5.32 Å². The van der Waals surface area contributed by atoms with E-state index in [1.54, 1.807) is 7.11 Å². The number of nitrogens with one attached hydrogen (secondary N) is 1. The number of carbonyl (C=O) groups excluding carboxylic acids is 1. The number of ether oxygens (including phenoxy) is 1. The lowest BCUT2D eigenvalue weighted by Crippen LogP contribution is -2.26. The minimum atomic E-state index is -0.746. The Balaban J connectivity index is 1.99. The van der Waals surface area contributed by atoms with Gasteiger partial charge in [-0.05, 0) is 30.2 Å². The summed E-state index contributed by atoms with van der Waals surface area (Å²) in [7, 11) is 1.58. The number of hydrogen-bond acceptors (Lipinski definition) is 3. The van der Waals surface area contributed by atoms with E-state index in [1.165, 1.54) is 12.1 Å². The maximum Gasteiger partial charge on any atom is 0.258 e. The van der Waals surface area contributed by atoms with Crippen molar-refractivity contribution < 1.29 is 19.0 Å². The van der Waals surface area contributed by atoms with Gasteiger partial charge in [0.15, 0.2) is 0 Å². The second-order valence-corrected chi connectivity index (χ2v) is 4.45. The van der Waals surface area contributed by atoms with Crippen molar-refractivity contribution in [1.29, 1.82) is 0 Å². The van der Waals surface area contributed by atoms with Gasteiger partial charge in [-0.1, -0.05) is 24.3 Å². The summed E-state index contributed by atoms with van der Waals surface area (Å²) in [5, 5.41) is 12.1. The summed E-state index contributed by atoms with van der Waals surface area (Å²) in [6.45, 7) is 0.312. The van der Waals surface area contributed by atoms with Crippen LogP contribution in [0.5, 0.6) is 11.5 Å². The van der Waals surface area contributed by atoms with Crippen LogP contribution in [-0.4, -0.2) is 24.7 Å². The van der Waals surface area contributed by atoms with Crippen LogP contribution in [-0.2, 0) is 6.42 Å². The van der Waals surface area contributed by atoms with Gasteiger partial charge in [-0.2, -0.15) is 0 Å². The number of phenolic OH excluding ortho intramolecular Hbond substituents is 1. The number of rotatable bonds is 5. The molecule has 0 aliphatic carbocycles. The van der Waals surface area contributed by atoms with Gasteiger partial charge < -0.3 is 15.2 Å². The second kappa shape index (κ2) is 6.74. The Morgan fingerprint density at radius 2 is 2.00 bits per heavy atom. The van der Waals surface area contributed by atoms with Crippen molar-refractivity contribution in [3.8, 4) is 11.5 Å². The van der Waals surface area contributed by atoms with Crippen LogP contribution in [0.25, 0.3) is 0 Å². The Morgan fingerprint density at radius 3 is 2.71 bits per heavy atom. The van der Waals surface area contributed by atoms with Crippen LogP contribution in [0.1, 0.15) is 15.9 Å². The molecule has 0 spiro atoms. The van der Waals surface area contributed by atoms with Gasteiger partial charge in [0.2, 0.25) is 0 Å². The summed E-state index contributed by atoms with van der Waals surface area (Å²) in [5.74, 6) is -1.02. The maximum atomic E-state index is 13.5. The second-order valence-electron chi connectivity index (χ2n) is 4.45. The average Bonchev–Trinajstić information content (AvgIpc) is 2.47. The summed E-state index contributed by atoms with van der Waals surface area (Å²) in [4.78, 5) is 11.9. The predicted molar refractivity (Wildman–Crippen MR) is 77.1 cm³/mol. The fourth-order valence-corrected chi connectivity index (χ4v) is 2.05. The van der Waals surface area contributed by atoms with Gasteiger partial charge in [-0.25, -0.2) is 4.39 Å². The minimum Gasteiger partial charge on any atom is -0.507 e. The number of carbonyl (C=O) groups is 1. The molecule has 5 heteroatoms. The molecule has 1 amide bonds. The first-order valence-electron chi connectivity index (χ1n) is 6.51. The lowest BCUT2D eigenvalue weighted by molar-refractivity contribution is 0.0947. The van der Waals surface area contributed by atoms with Crippen molar-refractivity contribution in [3.63, 3.8) is 0 Å². The lowest BCUT2D eigenvalue weighted by atomic mass is 10.1. The molecule has 0 saturated carbocycles. The molecule has 0 aromatic heterocycles. The summed E-state index contributed by atoms with van der Waals surface area (Å²) >= 11 is 0. The summed E-state index contributed by atoms with van der Waals surface area (Å²) in [5.41, 5.74) is 0.607. The molecular weight excluding hydrogens is 273 g/mol. The van der Waals surface area contributed by atoms with E-state index in [-0.39, 0.29) is 11.3 Å². The molecule has 2 aromatic rings. The van der Waals surface area contributed by atoms with Gasteiger partial charge in [-0.15, -0.1) is 0 Å². The number of hydrogen-bond donors (Lipinski definition) is 2. The van der Waals surface area contributed by atoms with E-state index in [0.29, 0.717) is 13.0 Å². The zero-order valence-electron chi connectivity index (χ0n) is 11.6. The normalized spacial score (nSPS) is 10.2. The van der Waals surface area contributed by atoms with E-state index in [2.05, 4.69) is 5.32 Å². The molecule has 0 fully saturated rings. The zero-order valence-corrected chi connectivity index (χ0v) is 11.6. The third-order valence-electron chi connectivity index (χ3n) is 3.09. The van der Waals surface area contributed by atoms with Gasteiger partial charge in [0.25, 0.3) is 5.91 Å². The van der Waals surface area contributed by atoms with Crippen LogP contribution in [0, 0.1) is 5.82 Å². The van der Waals surface area contributed by atoms with Gasteiger partial charge in [-0.3, -0.25) is 4.79 Å². The highest BCUT2D eigenvalue weighted by Gasteiger charge is 2.15. The molecule has 2 aromatic carbocycles. The van der Waals surface area contributed by atoms with E-state index in [1.807, 2.05) is 24.3 Å². The molecule has 0 bridgehead atoms. The number of benzene rings is 2. The molecule has 0 radical (unpaired) electrons. The Bertz CT molecular complexity index is 623. The van der Waals surface area contributed by atoms with Crippen LogP contribution in [0.15, 0.2) is 42.5 Å². The SMILES string of the molecule is COc1ccccc1CCNC(=O)c1c(O)cccc1F. The molecule has 0 atom stereocenters. The van der Waals surface area contributed by atoms with Crippen molar-refractivity contribution in [2.45, 2.75) is 6.42 Å². The quantitative estimate of drug-likeness (QED) is 0.889. The average molecular weight is 289 g/mol. The number of para-hydroxylation sites is 1. The molecule has 110 valence electrons. The Morgan fingerprint density at radius 1 is 1.24 bits per heavy atom. The molecule has 4 nitrogen and oxygen atoms in total. The van der Waals surface area contributed by atoms with E-state index in [0.717, 1.165) is 17.4 Å². The largest absolute Gasteiger partial charge is 0.507 e. The number of methoxy groups -OCH3 is 1. The number of halogens is 1. The molecule has 0 saturated heterocycles. The molecule has 0 unspecified atom stereocenters. The molecular formula is C16H16FNO3. The van der Waals surface area contributed by atoms with Gasteiger partial charge >= 0.3 is 0 Å². The van der Waals surface area contributed by atoms with Crippen LogP contribution in [0.4, 0.5) is 4.39 Å². The summed E-state index contributed by atoms with van der Waals surface area (Å²) in [6, 6.07) is 11.2. The van der Waals surface area contributed by atoms with Crippen molar-refractivity contribution in [3.05, 3.63) is 59.4 Å². The highest BCUT2D eigenvalue weighted by molar-refractivity contribution is 5.97. The molecule has 21 heavy (non-hydrogen) atoms. The van der Waals surface area contributed by atoms with Crippen LogP contribution in [0.3, 0.4) is 0 Å². The topological polar surface area (TPSA) is 58.6 Å². The maximum absolute atomic E-state index is 13.5. The monoisotopic (exact) mass is 289 g/mol. The molecule has 0 heterocycles. The molecule has 2 N–H and O–H groups in total. The molecule has 0 aliphatic rings. The van der Waals surface area contributed by atoms with Gasteiger partial charge in [0, 0.05) is 6.54 Å². The number of aromatic hydroxyl groups is 1. The first kappa shape index (κ1) is 14.8. The highest BCUT2D eigenvalue weighted by atomic mass is 19.1. The third kappa shape index (κ3) is 3.51. The Hall–Kier alpha value is -2.56. The van der Waals surface area contributed by atoms with Crippen molar-refractivity contribution >= 4 is 5.91 Å². The van der Waals surface area contributed by atoms with Crippen molar-refractivity contribution in [2.24, 2.45) is 0 Å². The molecule has 2 rings (SSSR count). The fourth-order valence-electron chi connectivity index (χ4n) is 2.05. The standard InChI is InChI=1S/C16H16FNO3/c1-21-14-8-3-2-5-11(14)9-10-18-16(20)15-12(17)6-4-7-13(15)19/h2-8,19H,9-10H2,1H3,(H,18,20).